The highest BCUT2D eigenvalue weighted by Crippen LogP contribution is 2.32. The van der Waals surface area contributed by atoms with Crippen LogP contribution in [0, 0.1) is 18.3 Å². The average molecular weight is 552 g/mol. The number of piperidine rings is 1. The molecule has 3 aromatic rings. The van der Waals surface area contributed by atoms with Crippen LogP contribution in [-0.4, -0.2) is 85.3 Å². The Labute approximate surface area is 233 Å². The van der Waals surface area contributed by atoms with Crippen LogP contribution in [0.3, 0.4) is 0 Å². The molecule has 40 heavy (non-hydrogen) atoms. The van der Waals surface area contributed by atoms with Crippen molar-refractivity contribution in [3.63, 3.8) is 0 Å². The van der Waals surface area contributed by atoms with Crippen molar-refractivity contribution in [2.45, 2.75) is 64.5 Å². The first-order valence-corrected chi connectivity index (χ1v) is 13.6. The van der Waals surface area contributed by atoms with Crippen molar-refractivity contribution < 1.29 is 19.7 Å². The fraction of sp³-hybridized carbons (Fsp3) is 0.556. The molecule has 1 aliphatic rings. The normalized spacial score (nSPS) is 15.1. The van der Waals surface area contributed by atoms with Gasteiger partial charge < -0.3 is 20.3 Å². The van der Waals surface area contributed by atoms with Crippen molar-refractivity contribution in [3.8, 4) is 11.8 Å². The number of ether oxygens (including phenoxy) is 1. The highest BCUT2D eigenvalue weighted by atomic mass is 16.5. The molecule has 3 aromatic heterocycles. The number of hydrogen-bond acceptors (Lipinski definition) is 10. The summed E-state index contributed by atoms with van der Waals surface area (Å²) in [7, 11) is 1.63. The minimum Gasteiger partial charge on any atom is -0.496 e. The summed E-state index contributed by atoms with van der Waals surface area (Å²) in [6.45, 7) is 6.41. The van der Waals surface area contributed by atoms with E-state index in [0.29, 0.717) is 53.7 Å². The van der Waals surface area contributed by atoms with Gasteiger partial charge in [-0.1, -0.05) is 13.3 Å². The monoisotopic (exact) mass is 551 g/mol. The number of nitrogens with zero attached hydrogens (tertiary/aromatic N) is 7. The van der Waals surface area contributed by atoms with Gasteiger partial charge in [0.25, 0.3) is 0 Å². The van der Waals surface area contributed by atoms with E-state index in [-0.39, 0.29) is 18.6 Å². The van der Waals surface area contributed by atoms with Crippen LogP contribution in [0.2, 0.25) is 0 Å². The van der Waals surface area contributed by atoms with Gasteiger partial charge in [-0.3, -0.25) is 19.9 Å². The third-order valence-electron chi connectivity index (χ3n) is 7.23. The zero-order chi connectivity index (χ0) is 28.6. The highest BCUT2D eigenvalue weighted by Gasteiger charge is 2.24. The lowest BCUT2D eigenvalue weighted by molar-refractivity contribution is 0.209. The number of anilines is 2. The van der Waals surface area contributed by atoms with Gasteiger partial charge in [0.1, 0.15) is 16.8 Å². The van der Waals surface area contributed by atoms with Crippen LogP contribution in [0.4, 0.5) is 16.6 Å². The van der Waals surface area contributed by atoms with Gasteiger partial charge in [-0.2, -0.15) is 15.3 Å². The number of carbonyl (C=O) groups is 1. The van der Waals surface area contributed by atoms with E-state index in [1.807, 2.05) is 19.2 Å². The number of hydrogen-bond donors (Lipinski definition) is 4. The molecule has 1 aliphatic heterocycles. The number of amides is 1. The quantitative estimate of drug-likeness (QED) is 0.243. The molecule has 1 atom stereocenters. The Kier molecular flexibility index (Phi) is 9.68. The molecule has 13 heteroatoms. The molecule has 214 valence electrons. The SMILES string of the molecule is CCCC(CCO)Nc1nc(NC(=O)O)nc2c(C)nn(Cc3cnc(C4CCN(CC#N)CC4)cc3OC)c12. The molecule has 4 N–H and O–H groups in total. The molecule has 0 saturated carbocycles. The van der Waals surface area contributed by atoms with E-state index in [4.69, 9.17) is 20.1 Å². The van der Waals surface area contributed by atoms with Crippen molar-refractivity contribution in [2.24, 2.45) is 0 Å². The number of nitrogens with one attached hydrogen (secondary N) is 2. The van der Waals surface area contributed by atoms with Crippen LogP contribution in [0.25, 0.3) is 11.0 Å². The van der Waals surface area contributed by atoms with Crippen molar-refractivity contribution in [1.82, 2.24) is 29.6 Å². The fourth-order valence-corrected chi connectivity index (χ4v) is 5.24. The maximum Gasteiger partial charge on any atom is 0.411 e. The van der Waals surface area contributed by atoms with Crippen LogP contribution in [0.5, 0.6) is 5.75 Å². The fourth-order valence-electron chi connectivity index (χ4n) is 5.24. The number of aryl methyl sites for hydroxylation is 1. The highest BCUT2D eigenvalue weighted by molar-refractivity contribution is 5.91. The second-order valence-electron chi connectivity index (χ2n) is 10.0. The van der Waals surface area contributed by atoms with Crippen molar-refractivity contribution in [1.29, 1.82) is 5.26 Å². The predicted octanol–water partition coefficient (Wildman–Crippen LogP) is 3.34. The lowest BCUT2D eigenvalue weighted by Gasteiger charge is -2.30. The number of nitriles is 1. The average Bonchev–Trinajstić information content (AvgIpc) is 3.24. The molecule has 1 saturated heterocycles. The van der Waals surface area contributed by atoms with Gasteiger partial charge in [0, 0.05) is 42.1 Å². The summed E-state index contributed by atoms with van der Waals surface area (Å²) < 4.78 is 7.54. The minimum atomic E-state index is -1.26. The third-order valence-corrected chi connectivity index (χ3v) is 7.23. The van der Waals surface area contributed by atoms with E-state index in [2.05, 4.69) is 38.5 Å². The van der Waals surface area contributed by atoms with E-state index in [1.54, 1.807) is 11.8 Å². The van der Waals surface area contributed by atoms with E-state index in [9.17, 15) is 15.0 Å². The Morgan fingerprint density at radius 1 is 1.30 bits per heavy atom. The summed E-state index contributed by atoms with van der Waals surface area (Å²) in [6.07, 6.45) is 4.65. The number of pyridine rings is 1. The maximum atomic E-state index is 11.3. The van der Waals surface area contributed by atoms with Gasteiger partial charge in [-0.05, 0) is 45.7 Å². The topological polar surface area (TPSA) is 174 Å². The van der Waals surface area contributed by atoms with E-state index < -0.39 is 6.09 Å². The van der Waals surface area contributed by atoms with Gasteiger partial charge in [-0.25, -0.2) is 9.78 Å². The Balaban J connectivity index is 1.67. The zero-order valence-corrected chi connectivity index (χ0v) is 23.2. The summed E-state index contributed by atoms with van der Waals surface area (Å²) in [4.78, 5) is 27.2. The molecule has 0 bridgehead atoms. The third kappa shape index (κ3) is 6.75. The number of aromatic nitrogens is 5. The lowest BCUT2D eigenvalue weighted by atomic mass is 9.92. The molecule has 0 aliphatic carbocycles. The van der Waals surface area contributed by atoms with Gasteiger partial charge in [0.15, 0.2) is 5.82 Å². The summed E-state index contributed by atoms with van der Waals surface area (Å²) in [5.74, 6) is 1.40. The first-order valence-electron chi connectivity index (χ1n) is 13.6. The number of methoxy groups -OCH3 is 1. The summed E-state index contributed by atoms with van der Waals surface area (Å²) in [6, 6.07) is 4.14. The summed E-state index contributed by atoms with van der Waals surface area (Å²) in [5, 5.41) is 38.2. The molecule has 1 unspecified atom stereocenters. The molecule has 4 rings (SSSR count). The summed E-state index contributed by atoms with van der Waals surface area (Å²) in [5.41, 5.74) is 3.57. The van der Waals surface area contributed by atoms with Crippen molar-refractivity contribution in [3.05, 3.63) is 29.2 Å². The number of likely N-dealkylation sites (tertiary alicyclic amines) is 1. The summed E-state index contributed by atoms with van der Waals surface area (Å²) >= 11 is 0. The van der Waals surface area contributed by atoms with Crippen LogP contribution in [0.15, 0.2) is 12.3 Å². The van der Waals surface area contributed by atoms with E-state index >= 15 is 0 Å². The van der Waals surface area contributed by atoms with Crippen LogP contribution in [-0.2, 0) is 6.54 Å². The number of carboxylic acid groups (broad SMARTS) is 1. The van der Waals surface area contributed by atoms with Gasteiger partial charge in [-0.15, -0.1) is 0 Å². The Morgan fingerprint density at radius 3 is 2.73 bits per heavy atom. The van der Waals surface area contributed by atoms with Gasteiger partial charge in [0.05, 0.1) is 32.0 Å². The largest absolute Gasteiger partial charge is 0.496 e. The molecule has 0 radical (unpaired) electrons. The van der Waals surface area contributed by atoms with Crippen LogP contribution in [0.1, 0.15) is 61.9 Å². The van der Waals surface area contributed by atoms with Crippen LogP contribution < -0.4 is 15.4 Å². The molecule has 4 heterocycles. The number of rotatable bonds is 12. The minimum absolute atomic E-state index is 0.0109. The zero-order valence-electron chi connectivity index (χ0n) is 23.2. The van der Waals surface area contributed by atoms with Crippen LogP contribution >= 0.6 is 0 Å². The molecule has 1 fully saturated rings. The van der Waals surface area contributed by atoms with Gasteiger partial charge >= 0.3 is 6.09 Å². The number of aliphatic hydroxyl groups excluding tert-OH is 1. The molecular formula is C27H37N9O4. The first kappa shape index (κ1) is 29.0. The second kappa shape index (κ2) is 13.4. The molecule has 0 aromatic carbocycles. The smallest absolute Gasteiger partial charge is 0.411 e. The lowest BCUT2D eigenvalue weighted by Crippen LogP contribution is -2.33. The Bertz CT molecular complexity index is 1360. The van der Waals surface area contributed by atoms with Crippen molar-refractivity contribution in [2.75, 3.05) is 44.0 Å². The Hall–Kier alpha value is -4.02. The predicted molar refractivity (Wildman–Crippen MR) is 150 cm³/mol. The molecular weight excluding hydrogens is 514 g/mol. The van der Waals surface area contributed by atoms with Gasteiger partial charge in [0.2, 0.25) is 5.95 Å². The van der Waals surface area contributed by atoms with Crippen molar-refractivity contribution >= 4 is 28.9 Å². The number of aliphatic hydroxyl groups is 1. The Morgan fingerprint density at radius 2 is 2.08 bits per heavy atom. The van der Waals surface area contributed by atoms with E-state index in [1.165, 1.54) is 0 Å². The number of fused-ring (bicyclic) bond motifs is 1. The second-order valence-corrected chi connectivity index (χ2v) is 10.0. The maximum absolute atomic E-state index is 11.3. The first-order chi connectivity index (χ1) is 19.4. The standard InChI is InChI=1S/C27H37N9O4/c1-4-5-20(8-13-37)30-25-24-23(31-26(32-25)33-27(38)39)17(2)34-36(24)16-19-15-29-21(14-22(19)40-3)18-6-10-35(11-7-18)12-9-28/h14-15,18,20,37H,4-8,10-13,16H2,1-3H3,(H,38,39)(H2,30,31,32,33). The molecule has 0 spiro atoms. The molecule has 1 amide bonds. The van der Waals surface area contributed by atoms with E-state index in [0.717, 1.165) is 50.0 Å². The molecule has 13 nitrogen and oxygen atoms in total.